The number of nitrogens with one attached hydrogen (secondary N) is 1. The number of rotatable bonds is 5. The first-order valence-electron chi connectivity index (χ1n) is 7.48. The van der Waals surface area contributed by atoms with E-state index in [1.165, 1.54) is 0 Å². The highest BCUT2D eigenvalue weighted by Crippen LogP contribution is 2.29. The maximum atomic E-state index is 5.45. The molecule has 0 aliphatic heterocycles. The average molecular weight is 388 g/mol. The summed E-state index contributed by atoms with van der Waals surface area (Å²) in [5.74, 6) is 1.56. The summed E-state index contributed by atoms with van der Waals surface area (Å²) in [4.78, 5) is 0. The van der Waals surface area contributed by atoms with Crippen LogP contribution in [0, 0.1) is 6.92 Å². The van der Waals surface area contributed by atoms with Crippen molar-refractivity contribution in [1.82, 2.24) is 10.2 Å². The van der Waals surface area contributed by atoms with Gasteiger partial charge in [-0.2, -0.15) is 10.2 Å². The molecule has 0 unspecified atom stereocenters. The van der Waals surface area contributed by atoms with E-state index >= 15 is 0 Å². The van der Waals surface area contributed by atoms with Crippen molar-refractivity contribution in [3.05, 3.63) is 52.1 Å². The highest BCUT2D eigenvalue weighted by Gasteiger charge is 2.09. The Bertz CT molecular complexity index is 884. The van der Waals surface area contributed by atoms with E-state index < -0.39 is 0 Å². The Morgan fingerprint density at radius 1 is 1.12 bits per heavy atom. The van der Waals surface area contributed by atoms with Crippen molar-refractivity contribution < 1.29 is 9.47 Å². The van der Waals surface area contributed by atoms with Crippen LogP contribution in [0.15, 0.2) is 41.0 Å². The predicted octanol–water partition coefficient (Wildman–Crippen LogP) is 4.33. The summed E-state index contributed by atoms with van der Waals surface area (Å²) in [5, 5.41) is 12.8. The Kier molecular flexibility index (Phi) is 4.85. The normalized spacial score (nSPS) is 10.7. The van der Waals surface area contributed by atoms with Crippen molar-refractivity contribution in [2.45, 2.75) is 13.5 Å². The number of benzene rings is 2. The summed E-state index contributed by atoms with van der Waals surface area (Å²) in [6.07, 6.45) is 1.75. The molecule has 2 aromatic carbocycles. The van der Waals surface area contributed by atoms with Gasteiger partial charge in [-0.1, -0.05) is 15.9 Å². The van der Waals surface area contributed by atoms with Crippen molar-refractivity contribution in [2.75, 3.05) is 19.5 Å². The fraction of sp³-hybridized carbons (Fsp3) is 0.222. The smallest absolute Gasteiger partial charge is 0.127 e. The van der Waals surface area contributed by atoms with Gasteiger partial charge in [-0.25, -0.2) is 0 Å². The van der Waals surface area contributed by atoms with Crippen molar-refractivity contribution >= 4 is 32.5 Å². The molecule has 24 heavy (non-hydrogen) atoms. The zero-order valence-electron chi connectivity index (χ0n) is 13.8. The fourth-order valence-electron chi connectivity index (χ4n) is 2.69. The second-order valence-electron chi connectivity index (χ2n) is 5.41. The molecule has 1 N–H and O–H groups in total. The number of anilines is 1. The van der Waals surface area contributed by atoms with Crippen molar-refractivity contribution in [3.8, 4) is 11.5 Å². The van der Waals surface area contributed by atoms with Crippen LogP contribution < -0.4 is 14.8 Å². The molecular formula is C18H18BrN3O2. The maximum Gasteiger partial charge on any atom is 0.127 e. The monoisotopic (exact) mass is 387 g/mol. The molecule has 3 aromatic rings. The van der Waals surface area contributed by atoms with E-state index in [-0.39, 0.29) is 0 Å². The molecule has 0 fully saturated rings. The lowest BCUT2D eigenvalue weighted by Crippen LogP contribution is -2.04. The largest absolute Gasteiger partial charge is 0.497 e. The molecule has 0 bridgehead atoms. The molecule has 0 atom stereocenters. The Balaban J connectivity index is 1.92. The molecule has 5 nitrogen and oxygen atoms in total. The van der Waals surface area contributed by atoms with Gasteiger partial charge in [-0.15, -0.1) is 0 Å². The molecule has 124 valence electrons. The third-order valence-electron chi connectivity index (χ3n) is 3.86. The molecule has 0 saturated carbocycles. The van der Waals surface area contributed by atoms with Gasteiger partial charge in [0.05, 0.1) is 31.6 Å². The SMILES string of the molecule is COc1ccc(CNc2cnnc3cc(Br)cc(C)c23)c(OC)c1. The molecule has 0 spiro atoms. The van der Waals surface area contributed by atoms with Crippen LogP contribution in [0.25, 0.3) is 10.9 Å². The topological polar surface area (TPSA) is 56.3 Å². The molecule has 0 saturated heterocycles. The standard InChI is InChI=1S/C18H18BrN3O2/c1-11-6-13(19)7-15-18(11)16(10-21-22-15)20-9-12-4-5-14(23-2)8-17(12)24-3/h4-8,10H,9H2,1-3H3,(H,20,22). The molecule has 6 heteroatoms. The van der Waals surface area contributed by atoms with Crippen LogP contribution >= 0.6 is 15.9 Å². The Labute approximate surface area is 149 Å². The van der Waals surface area contributed by atoms with Crippen LogP contribution in [-0.2, 0) is 6.54 Å². The molecule has 0 radical (unpaired) electrons. The number of aryl methyl sites for hydroxylation is 1. The van der Waals surface area contributed by atoms with Crippen LogP contribution in [0.4, 0.5) is 5.69 Å². The minimum Gasteiger partial charge on any atom is -0.497 e. The van der Waals surface area contributed by atoms with E-state index in [1.54, 1.807) is 20.4 Å². The quantitative estimate of drug-likeness (QED) is 0.705. The first-order valence-corrected chi connectivity index (χ1v) is 8.28. The predicted molar refractivity (Wildman–Crippen MR) is 98.8 cm³/mol. The average Bonchev–Trinajstić information content (AvgIpc) is 2.59. The van der Waals surface area contributed by atoms with Crippen LogP contribution in [0.2, 0.25) is 0 Å². The Morgan fingerprint density at radius 2 is 1.96 bits per heavy atom. The van der Waals surface area contributed by atoms with Gasteiger partial charge < -0.3 is 14.8 Å². The van der Waals surface area contributed by atoms with E-state index in [0.29, 0.717) is 6.54 Å². The van der Waals surface area contributed by atoms with Gasteiger partial charge in [0.25, 0.3) is 0 Å². The second-order valence-corrected chi connectivity index (χ2v) is 6.32. The van der Waals surface area contributed by atoms with Gasteiger partial charge in [0, 0.05) is 28.0 Å². The second kappa shape index (κ2) is 7.05. The van der Waals surface area contributed by atoms with E-state index in [0.717, 1.165) is 43.7 Å². The summed E-state index contributed by atoms with van der Waals surface area (Å²) in [5.41, 5.74) is 3.98. The molecule has 3 rings (SSSR count). The van der Waals surface area contributed by atoms with Crippen molar-refractivity contribution in [1.29, 1.82) is 0 Å². The van der Waals surface area contributed by atoms with Crippen LogP contribution in [0.3, 0.4) is 0 Å². The molecule has 0 aliphatic carbocycles. The van der Waals surface area contributed by atoms with Crippen LogP contribution in [-0.4, -0.2) is 24.4 Å². The first kappa shape index (κ1) is 16.5. The van der Waals surface area contributed by atoms with Crippen LogP contribution in [0.5, 0.6) is 11.5 Å². The van der Waals surface area contributed by atoms with Crippen molar-refractivity contribution in [2.24, 2.45) is 0 Å². The van der Waals surface area contributed by atoms with Gasteiger partial charge in [0.15, 0.2) is 0 Å². The number of ether oxygens (including phenoxy) is 2. The van der Waals surface area contributed by atoms with E-state index in [4.69, 9.17) is 9.47 Å². The Morgan fingerprint density at radius 3 is 2.71 bits per heavy atom. The molecular weight excluding hydrogens is 370 g/mol. The van der Waals surface area contributed by atoms with Gasteiger partial charge in [-0.05, 0) is 36.8 Å². The zero-order valence-corrected chi connectivity index (χ0v) is 15.3. The summed E-state index contributed by atoms with van der Waals surface area (Å²) in [7, 11) is 3.30. The van der Waals surface area contributed by atoms with Gasteiger partial charge in [0.2, 0.25) is 0 Å². The minimum absolute atomic E-state index is 0.615. The number of methoxy groups -OCH3 is 2. The lowest BCUT2D eigenvalue weighted by Gasteiger charge is -2.14. The molecule has 0 amide bonds. The third-order valence-corrected chi connectivity index (χ3v) is 4.32. The number of fused-ring (bicyclic) bond motifs is 1. The first-order chi connectivity index (χ1) is 11.6. The molecule has 0 aliphatic rings. The summed E-state index contributed by atoms with van der Waals surface area (Å²) in [6.45, 7) is 2.68. The highest BCUT2D eigenvalue weighted by atomic mass is 79.9. The van der Waals surface area contributed by atoms with E-state index in [2.05, 4.69) is 44.4 Å². The lowest BCUT2D eigenvalue weighted by molar-refractivity contribution is 0.391. The summed E-state index contributed by atoms with van der Waals surface area (Å²) >= 11 is 3.50. The zero-order chi connectivity index (χ0) is 17.1. The van der Waals surface area contributed by atoms with Crippen LogP contribution in [0.1, 0.15) is 11.1 Å². The van der Waals surface area contributed by atoms with E-state index in [9.17, 15) is 0 Å². The summed E-state index contributed by atoms with van der Waals surface area (Å²) < 4.78 is 11.7. The fourth-order valence-corrected chi connectivity index (χ4v) is 3.25. The molecule has 1 aromatic heterocycles. The van der Waals surface area contributed by atoms with E-state index in [1.807, 2.05) is 24.3 Å². The molecule has 1 heterocycles. The Hall–Kier alpha value is -2.34. The van der Waals surface area contributed by atoms with Gasteiger partial charge in [-0.3, -0.25) is 0 Å². The number of nitrogens with zero attached hydrogens (tertiary/aromatic N) is 2. The van der Waals surface area contributed by atoms with Crippen molar-refractivity contribution in [3.63, 3.8) is 0 Å². The maximum absolute atomic E-state index is 5.45. The number of halogens is 1. The minimum atomic E-state index is 0.615. The lowest BCUT2D eigenvalue weighted by atomic mass is 10.1. The number of hydrogen-bond acceptors (Lipinski definition) is 5. The third kappa shape index (κ3) is 3.28. The van der Waals surface area contributed by atoms with Gasteiger partial charge >= 0.3 is 0 Å². The summed E-state index contributed by atoms with van der Waals surface area (Å²) in [6, 6.07) is 9.83. The number of aromatic nitrogens is 2. The number of hydrogen-bond donors (Lipinski definition) is 1. The van der Waals surface area contributed by atoms with Gasteiger partial charge in [0.1, 0.15) is 11.5 Å². The highest BCUT2D eigenvalue weighted by molar-refractivity contribution is 9.10.